The van der Waals surface area contributed by atoms with E-state index in [0.29, 0.717) is 10.8 Å². The molecule has 1 aliphatic rings. The fourth-order valence-electron chi connectivity index (χ4n) is 1.25. The third-order valence-corrected chi connectivity index (χ3v) is 3.40. The van der Waals surface area contributed by atoms with Gasteiger partial charge in [-0.2, -0.15) is 0 Å². The Kier molecular flexibility index (Phi) is 1.84. The molecule has 0 radical (unpaired) electrons. The van der Waals surface area contributed by atoms with Crippen molar-refractivity contribution in [1.29, 1.82) is 0 Å². The minimum absolute atomic E-state index is 0.363. The highest BCUT2D eigenvalue weighted by Crippen LogP contribution is 2.37. The number of nitrogens with two attached hydrogens (primary N) is 1. The maximum atomic E-state index is 10.7. The number of nitrogens with zero attached hydrogens (tertiary/aromatic N) is 1. The first-order chi connectivity index (χ1) is 5.77. The summed E-state index contributed by atoms with van der Waals surface area (Å²) in [4.78, 5) is 15.5. The molecule has 64 valence electrons. The maximum Gasteiger partial charge on any atom is 0.260 e. The Hall–Kier alpha value is -0.900. The highest BCUT2D eigenvalue weighted by molar-refractivity contribution is 7.13. The minimum Gasteiger partial charge on any atom is -0.365 e. The molecule has 1 aromatic heterocycles. The summed E-state index contributed by atoms with van der Waals surface area (Å²) in [6, 6.07) is 0. The van der Waals surface area contributed by atoms with Crippen molar-refractivity contribution in [2.75, 3.05) is 0 Å². The lowest BCUT2D eigenvalue weighted by Gasteiger charge is -2.22. The molecule has 12 heavy (non-hydrogen) atoms. The van der Waals surface area contributed by atoms with Crippen LogP contribution >= 0.6 is 11.3 Å². The van der Waals surface area contributed by atoms with Gasteiger partial charge in [0.1, 0.15) is 4.88 Å². The van der Waals surface area contributed by atoms with E-state index < -0.39 is 0 Å². The lowest BCUT2D eigenvalue weighted by atomic mass is 9.86. The van der Waals surface area contributed by atoms with Crippen LogP contribution in [0, 0.1) is 0 Å². The molecule has 1 aromatic rings. The summed E-state index contributed by atoms with van der Waals surface area (Å²) in [6.07, 6.45) is 5.30. The minimum atomic E-state index is -0.363. The summed E-state index contributed by atoms with van der Waals surface area (Å²) in [5.74, 6) is 0.237. The quantitative estimate of drug-likeness (QED) is 0.753. The van der Waals surface area contributed by atoms with Gasteiger partial charge in [-0.05, 0) is 12.8 Å². The summed E-state index contributed by atoms with van der Waals surface area (Å²) in [6.45, 7) is 0. The number of carbonyl (C=O) groups excluding carboxylic acids is 1. The van der Waals surface area contributed by atoms with Gasteiger partial charge in [-0.25, -0.2) is 4.98 Å². The van der Waals surface area contributed by atoms with E-state index in [2.05, 4.69) is 4.98 Å². The van der Waals surface area contributed by atoms with Crippen LogP contribution in [-0.2, 0) is 0 Å². The van der Waals surface area contributed by atoms with Gasteiger partial charge in [0.15, 0.2) is 0 Å². The van der Waals surface area contributed by atoms with Gasteiger partial charge >= 0.3 is 0 Å². The first-order valence-corrected chi connectivity index (χ1v) is 4.84. The fourth-order valence-corrected chi connectivity index (χ4v) is 2.18. The van der Waals surface area contributed by atoms with Gasteiger partial charge in [0, 0.05) is 5.92 Å². The third-order valence-electron chi connectivity index (χ3n) is 2.22. The largest absolute Gasteiger partial charge is 0.365 e. The number of carbonyl (C=O) groups is 1. The molecular weight excluding hydrogens is 172 g/mol. The fraction of sp³-hybridized carbons (Fsp3) is 0.500. The van der Waals surface area contributed by atoms with Gasteiger partial charge in [-0.1, -0.05) is 6.42 Å². The van der Waals surface area contributed by atoms with E-state index in [-0.39, 0.29) is 5.91 Å². The average Bonchev–Trinajstić information content (AvgIpc) is 2.32. The number of thiazole rings is 1. The molecule has 0 saturated heterocycles. The molecular formula is C8H10N2OS. The molecule has 3 nitrogen and oxygen atoms in total. The Morgan fingerprint density at radius 1 is 1.67 bits per heavy atom. The second kappa shape index (κ2) is 2.86. The lowest BCUT2D eigenvalue weighted by Crippen LogP contribution is -2.08. The number of hydrogen-bond donors (Lipinski definition) is 1. The van der Waals surface area contributed by atoms with Crippen molar-refractivity contribution in [1.82, 2.24) is 4.98 Å². The molecule has 1 heterocycles. The van der Waals surface area contributed by atoms with Gasteiger partial charge in [-0.3, -0.25) is 4.79 Å². The van der Waals surface area contributed by atoms with Crippen LogP contribution in [0.1, 0.15) is 39.9 Å². The van der Waals surface area contributed by atoms with Crippen molar-refractivity contribution >= 4 is 17.2 Å². The van der Waals surface area contributed by atoms with Gasteiger partial charge in [0.05, 0.1) is 11.2 Å². The Morgan fingerprint density at radius 3 is 2.83 bits per heavy atom. The van der Waals surface area contributed by atoms with E-state index in [1.165, 1.54) is 30.6 Å². The molecule has 2 rings (SSSR count). The zero-order chi connectivity index (χ0) is 8.55. The van der Waals surface area contributed by atoms with E-state index >= 15 is 0 Å². The van der Waals surface area contributed by atoms with Gasteiger partial charge in [0.25, 0.3) is 5.91 Å². The molecule has 1 fully saturated rings. The second-order valence-electron chi connectivity index (χ2n) is 3.05. The van der Waals surface area contributed by atoms with Crippen LogP contribution in [0.2, 0.25) is 0 Å². The van der Waals surface area contributed by atoms with Gasteiger partial charge < -0.3 is 5.73 Å². The summed E-state index contributed by atoms with van der Waals surface area (Å²) in [7, 11) is 0. The van der Waals surface area contributed by atoms with E-state index in [0.717, 1.165) is 5.01 Å². The second-order valence-corrected chi connectivity index (χ2v) is 4.12. The average molecular weight is 182 g/mol. The first-order valence-electron chi connectivity index (χ1n) is 4.03. The zero-order valence-corrected chi connectivity index (χ0v) is 7.43. The topological polar surface area (TPSA) is 56.0 Å². The molecule has 0 atom stereocenters. The normalized spacial score (nSPS) is 17.3. The molecule has 0 spiro atoms. The Balaban J connectivity index is 2.17. The Labute approximate surface area is 74.6 Å². The molecule has 1 amide bonds. The van der Waals surface area contributed by atoms with Crippen LogP contribution in [-0.4, -0.2) is 10.9 Å². The predicted molar refractivity (Wildman–Crippen MR) is 47.2 cm³/mol. The van der Waals surface area contributed by atoms with Crippen molar-refractivity contribution < 1.29 is 4.79 Å². The standard InChI is InChI=1S/C8H10N2OS/c9-7(11)6-4-10-8(12-6)5-2-1-3-5/h4-5H,1-3H2,(H2,9,11). The molecule has 0 aromatic carbocycles. The molecule has 0 unspecified atom stereocenters. The number of amides is 1. The highest BCUT2D eigenvalue weighted by Gasteiger charge is 2.23. The van der Waals surface area contributed by atoms with Crippen molar-refractivity contribution in [3.05, 3.63) is 16.1 Å². The Bertz CT molecular complexity index is 304. The third kappa shape index (κ3) is 1.22. The van der Waals surface area contributed by atoms with Gasteiger partial charge in [-0.15, -0.1) is 11.3 Å². The SMILES string of the molecule is NC(=O)c1cnc(C2CCC2)s1. The molecule has 0 bridgehead atoms. The summed E-state index contributed by atoms with van der Waals surface area (Å²) >= 11 is 1.44. The number of hydrogen-bond acceptors (Lipinski definition) is 3. The molecule has 1 aliphatic carbocycles. The predicted octanol–water partition coefficient (Wildman–Crippen LogP) is 1.51. The van der Waals surface area contributed by atoms with Crippen LogP contribution < -0.4 is 5.73 Å². The smallest absolute Gasteiger partial charge is 0.260 e. The molecule has 4 heteroatoms. The van der Waals surface area contributed by atoms with Crippen molar-refractivity contribution in [3.63, 3.8) is 0 Å². The van der Waals surface area contributed by atoms with Crippen LogP contribution in [0.5, 0.6) is 0 Å². The highest BCUT2D eigenvalue weighted by atomic mass is 32.1. The summed E-state index contributed by atoms with van der Waals surface area (Å²) < 4.78 is 0. The number of rotatable bonds is 2. The van der Waals surface area contributed by atoms with Crippen molar-refractivity contribution in [2.45, 2.75) is 25.2 Å². The van der Waals surface area contributed by atoms with Crippen molar-refractivity contribution in [3.8, 4) is 0 Å². The van der Waals surface area contributed by atoms with Crippen LogP contribution in [0.3, 0.4) is 0 Å². The lowest BCUT2D eigenvalue weighted by molar-refractivity contribution is 0.100. The van der Waals surface area contributed by atoms with E-state index in [9.17, 15) is 4.79 Å². The van der Waals surface area contributed by atoms with Crippen LogP contribution in [0.4, 0.5) is 0 Å². The summed E-state index contributed by atoms with van der Waals surface area (Å²) in [5.41, 5.74) is 5.12. The monoisotopic (exact) mass is 182 g/mol. The first kappa shape index (κ1) is 7.73. The van der Waals surface area contributed by atoms with Crippen LogP contribution in [0.25, 0.3) is 0 Å². The molecule has 0 aliphatic heterocycles. The zero-order valence-electron chi connectivity index (χ0n) is 6.62. The molecule has 1 saturated carbocycles. The van der Waals surface area contributed by atoms with E-state index in [1.54, 1.807) is 6.20 Å². The number of aromatic nitrogens is 1. The van der Waals surface area contributed by atoms with E-state index in [4.69, 9.17) is 5.73 Å². The molecule has 2 N–H and O–H groups in total. The Morgan fingerprint density at radius 2 is 2.42 bits per heavy atom. The number of primary amides is 1. The van der Waals surface area contributed by atoms with Gasteiger partial charge in [0.2, 0.25) is 0 Å². The van der Waals surface area contributed by atoms with Crippen molar-refractivity contribution in [2.24, 2.45) is 5.73 Å². The van der Waals surface area contributed by atoms with Crippen LogP contribution in [0.15, 0.2) is 6.20 Å². The maximum absolute atomic E-state index is 10.7. The summed E-state index contributed by atoms with van der Waals surface area (Å²) in [5, 5.41) is 1.08. The van der Waals surface area contributed by atoms with E-state index in [1.807, 2.05) is 0 Å².